The summed E-state index contributed by atoms with van der Waals surface area (Å²) in [7, 11) is 3.73. The molecule has 0 radical (unpaired) electrons. The Hall–Kier alpha value is -0.580. The van der Waals surface area contributed by atoms with Crippen LogP contribution in [0.2, 0.25) is 0 Å². The number of nitrogens with one attached hydrogen (secondary N) is 2. The lowest BCUT2D eigenvalue weighted by Gasteiger charge is -2.19. The van der Waals surface area contributed by atoms with Crippen molar-refractivity contribution in [2.24, 2.45) is 0 Å². The molecular weight excluding hydrogens is 304 g/mol. The molecule has 0 amide bonds. The van der Waals surface area contributed by atoms with Gasteiger partial charge in [-0.15, -0.1) is 0 Å². The lowest BCUT2D eigenvalue weighted by atomic mass is 9.99. The second kappa shape index (κ2) is 7.88. The summed E-state index contributed by atoms with van der Waals surface area (Å²) < 4.78 is 6.79. The molecule has 1 aromatic rings. The van der Waals surface area contributed by atoms with Crippen LogP contribution in [0.3, 0.4) is 0 Å². The molecule has 0 saturated heterocycles. The average molecular weight is 329 g/mol. The summed E-state index contributed by atoms with van der Waals surface area (Å²) >= 11 is 3.68. The van der Waals surface area contributed by atoms with Crippen LogP contribution in [-0.4, -0.2) is 27.2 Å². The van der Waals surface area contributed by atoms with Crippen molar-refractivity contribution >= 4 is 15.9 Å². The molecule has 0 aliphatic rings. The van der Waals surface area contributed by atoms with Crippen LogP contribution in [0.1, 0.15) is 28.7 Å². The molecule has 4 heteroatoms. The highest BCUT2D eigenvalue weighted by molar-refractivity contribution is 9.10. The lowest BCUT2D eigenvalue weighted by Crippen LogP contribution is -2.20. The third-order valence-electron chi connectivity index (χ3n) is 3.57. The molecule has 19 heavy (non-hydrogen) atoms. The van der Waals surface area contributed by atoms with Gasteiger partial charge < -0.3 is 15.4 Å². The van der Waals surface area contributed by atoms with Crippen molar-refractivity contribution in [1.82, 2.24) is 10.6 Å². The van der Waals surface area contributed by atoms with E-state index in [1.54, 1.807) is 7.11 Å². The number of halogens is 1. The van der Waals surface area contributed by atoms with E-state index in [-0.39, 0.29) is 0 Å². The normalized spacial score (nSPS) is 10.8. The second-order valence-corrected chi connectivity index (χ2v) is 5.63. The molecule has 0 saturated carbocycles. The molecule has 3 nitrogen and oxygen atoms in total. The predicted molar refractivity (Wildman–Crippen MR) is 85.2 cm³/mol. The molecule has 1 rings (SSSR count). The van der Waals surface area contributed by atoms with E-state index in [9.17, 15) is 0 Å². The van der Waals surface area contributed by atoms with Crippen molar-refractivity contribution in [2.75, 3.05) is 27.2 Å². The van der Waals surface area contributed by atoms with Gasteiger partial charge in [0.05, 0.1) is 7.11 Å². The van der Waals surface area contributed by atoms with Crippen LogP contribution in [0.4, 0.5) is 0 Å². The highest BCUT2D eigenvalue weighted by Crippen LogP contribution is 2.35. The van der Waals surface area contributed by atoms with Crippen molar-refractivity contribution in [3.05, 3.63) is 26.7 Å². The van der Waals surface area contributed by atoms with E-state index >= 15 is 0 Å². The molecule has 0 bridgehead atoms. The van der Waals surface area contributed by atoms with Crippen LogP contribution < -0.4 is 15.4 Å². The van der Waals surface area contributed by atoms with Crippen molar-refractivity contribution in [2.45, 2.75) is 33.7 Å². The van der Waals surface area contributed by atoms with E-state index in [2.05, 4.69) is 47.3 Å². The zero-order valence-electron chi connectivity index (χ0n) is 12.6. The first kappa shape index (κ1) is 16.5. The van der Waals surface area contributed by atoms with Gasteiger partial charge in [0.2, 0.25) is 0 Å². The minimum absolute atomic E-state index is 0.846. The van der Waals surface area contributed by atoms with Gasteiger partial charge in [-0.25, -0.2) is 0 Å². The minimum Gasteiger partial charge on any atom is -0.496 e. The first-order valence-corrected chi connectivity index (χ1v) is 7.51. The Kier molecular flexibility index (Phi) is 6.83. The smallest absolute Gasteiger partial charge is 0.126 e. The maximum absolute atomic E-state index is 5.60. The summed E-state index contributed by atoms with van der Waals surface area (Å²) in [6.45, 7) is 9.28. The topological polar surface area (TPSA) is 33.3 Å². The van der Waals surface area contributed by atoms with Gasteiger partial charge in [-0.1, -0.05) is 15.9 Å². The van der Waals surface area contributed by atoms with Crippen molar-refractivity contribution in [1.29, 1.82) is 0 Å². The highest BCUT2D eigenvalue weighted by atomic mass is 79.9. The summed E-state index contributed by atoms with van der Waals surface area (Å²) in [5.41, 5.74) is 4.99. The Labute approximate surface area is 125 Å². The third kappa shape index (κ3) is 3.94. The minimum atomic E-state index is 0.846. The van der Waals surface area contributed by atoms with Gasteiger partial charge in [-0.05, 0) is 64.0 Å². The van der Waals surface area contributed by atoms with Crippen molar-refractivity contribution < 1.29 is 4.74 Å². The maximum atomic E-state index is 5.60. The molecule has 0 spiro atoms. The molecule has 0 unspecified atom stereocenters. The van der Waals surface area contributed by atoms with E-state index < -0.39 is 0 Å². The van der Waals surface area contributed by atoms with Crippen molar-refractivity contribution in [3.8, 4) is 5.75 Å². The van der Waals surface area contributed by atoms with Gasteiger partial charge >= 0.3 is 0 Å². The SMILES string of the molecule is CNCCCNCc1c(C)c(Br)c(C)c(C)c1OC. The highest BCUT2D eigenvalue weighted by Gasteiger charge is 2.16. The number of rotatable bonds is 7. The molecule has 0 atom stereocenters. The number of hydrogen-bond donors (Lipinski definition) is 2. The summed E-state index contributed by atoms with van der Waals surface area (Å²) in [5, 5.41) is 6.64. The van der Waals surface area contributed by atoms with E-state index in [1.807, 2.05) is 7.05 Å². The lowest BCUT2D eigenvalue weighted by molar-refractivity contribution is 0.403. The third-order valence-corrected chi connectivity index (χ3v) is 4.76. The molecule has 1 aromatic carbocycles. The fraction of sp³-hybridized carbons (Fsp3) is 0.600. The molecule has 0 aliphatic heterocycles. The first-order chi connectivity index (χ1) is 9.04. The van der Waals surface area contributed by atoms with Crippen molar-refractivity contribution in [3.63, 3.8) is 0 Å². The van der Waals surface area contributed by atoms with Gasteiger partial charge in [-0.2, -0.15) is 0 Å². The molecule has 0 fully saturated rings. The number of benzene rings is 1. The second-order valence-electron chi connectivity index (χ2n) is 4.83. The summed E-state index contributed by atoms with van der Waals surface area (Å²) in [4.78, 5) is 0. The van der Waals surface area contributed by atoms with E-state index in [4.69, 9.17) is 4.74 Å². The molecular formula is C15H25BrN2O. The number of ether oxygens (including phenoxy) is 1. The molecule has 0 heterocycles. The quantitative estimate of drug-likeness (QED) is 0.754. The van der Waals surface area contributed by atoms with E-state index in [0.29, 0.717) is 0 Å². The fourth-order valence-electron chi connectivity index (χ4n) is 2.24. The Balaban J connectivity index is 2.87. The van der Waals surface area contributed by atoms with Gasteiger partial charge in [-0.3, -0.25) is 0 Å². The number of methoxy groups -OCH3 is 1. The summed E-state index contributed by atoms with van der Waals surface area (Å²) in [6, 6.07) is 0. The number of hydrogen-bond acceptors (Lipinski definition) is 3. The van der Waals surface area contributed by atoms with Crippen LogP contribution in [0, 0.1) is 20.8 Å². The molecule has 0 aromatic heterocycles. The standard InChI is InChI=1S/C15H25BrN2O/c1-10-11(2)15(19-5)13(12(3)14(10)16)9-18-8-6-7-17-4/h17-18H,6-9H2,1-5H3. The van der Waals surface area contributed by atoms with Gasteiger partial charge in [0.1, 0.15) is 5.75 Å². The van der Waals surface area contributed by atoms with E-state index in [0.717, 1.165) is 31.8 Å². The van der Waals surface area contributed by atoms with Gasteiger partial charge in [0.25, 0.3) is 0 Å². The molecule has 2 N–H and O–H groups in total. The average Bonchev–Trinajstić information content (AvgIpc) is 2.41. The predicted octanol–water partition coefficient (Wildman–Crippen LogP) is 3.08. The Bertz CT molecular complexity index is 433. The Morgan fingerprint density at radius 2 is 1.74 bits per heavy atom. The zero-order chi connectivity index (χ0) is 14.4. The van der Waals surface area contributed by atoms with Crippen LogP contribution in [0.5, 0.6) is 5.75 Å². The Morgan fingerprint density at radius 1 is 1.05 bits per heavy atom. The van der Waals surface area contributed by atoms with Gasteiger partial charge in [0.15, 0.2) is 0 Å². The first-order valence-electron chi connectivity index (χ1n) is 6.72. The largest absolute Gasteiger partial charge is 0.496 e. The monoisotopic (exact) mass is 328 g/mol. The van der Waals surface area contributed by atoms with Crippen LogP contribution in [-0.2, 0) is 6.54 Å². The van der Waals surface area contributed by atoms with Crippen LogP contribution in [0.25, 0.3) is 0 Å². The summed E-state index contributed by atoms with van der Waals surface area (Å²) in [5.74, 6) is 1.01. The molecule has 0 aliphatic carbocycles. The zero-order valence-corrected chi connectivity index (χ0v) is 14.2. The van der Waals surface area contributed by atoms with Gasteiger partial charge in [0, 0.05) is 16.6 Å². The van der Waals surface area contributed by atoms with Crippen LogP contribution in [0.15, 0.2) is 4.47 Å². The maximum Gasteiger partial charge on any atom is 0.126 e. The summed E-state index contributed by atoms with van der Waals surface area (Å²) in [6.07, 6.45) is 1.13. The Morgan fingerprint density at radius 3 is 2.32 bits per heavy atom. The molecule has 108 valence electrons. The van der Waals surface area contributed by atoms with Crippen LogP contribution >= 0.6 is 15.9 Å². The van der Waals surface area contributed by atoms with E-state index in [1.165, 1.54) is 26.7 Å². The fourth-order valence-corrected chi connectivity index (χ4v) is 2.77.